The van der Waals surface area contributed by atoms with Gasteiger partial charge in [-0.15, -0.1) is 0 Å². The van der Waals surface area contributed by atoms with Crippen LogP contribution in [0.1, 0.15) is 19.4 Å². The normalized spacial score (nSPS) is 14.3. The van der Waals surface area contributed by atoms with Crippen molar-refractivity contribution in [3.63, 3.8) is 0 Å². The first-order chi connectivity index (χ1) is 9.27. The highest BCUT2D eigenvalue weighted by Gasteiger charge is 2.26. The maximum absolute atomic E-state index is 11.6. The lowest BCUT2D eigenvalue weighted by molar-refractivity contribution is 0.250. The maximum Gasteiger partial charge on any atom is 0.319 e. The average Bonchev–Trinajstić information content (AvgIpc) is 2.69. The van der Waals surface area contributed by atoms with Crippen molar-refractivity contribution in [2.24, 2.45) is 0 Å². The summed E-state index contributed by atoms with van der Waals surface area (Å²) in [6.45, 7) is 4.22. The van der Waals surface area contributed by atoms with E-state index in [2.05, 4.69) is 10.6 Å². The molecule has 1 aromatic carbocycles. The number of anilines is 2. The number of nitrogens with zero attached hydrogens (tertiary/aromatic N) is 1. The summed E-state index contributed by atoms with van der Waals surface area (Å²) < 4.78 is 24.6. The molecule has 0 radical (unpaired) electrons. The molecule has 0 saturated heterocycles. The Morgan fingerprint density at radius 3 is 2.65 bits per heavy atom. The molecular formula is C13H19N3O3S. The lowest BCUT2D eigenvalue weighted by Gasteiger charge is -2.16. The zero-order valence-corrected chi connectivity index (χ0v) is 12.6. The van der Waals surface area contributed by atoms with E-state index >= 15 is 0 Å². The summed E-state index contributed by atoms with van der Waals surface area (Å²) in [7, 11) is -3.23. The zero-order chi connectivity index (χ0) is 14.9. The van der Waals surface area contributed by atoms with Crippen molar-refractivity contribution >= 4 is 27.4 Å². The van der Waals surface area contributed by atoms with Gasteiger partial charge in [0.2, 0.25) is 10.0 Å². The van der Waals surface area contributed by atoms with E-state index in [1.165, 1.54) is 10.6 Å². The minimum Gasteiger partial charge on any atom is -0.336 e. The monoisotopic (exact) mass is 297 g/mol. The van der Waals surface area contributed by atoms with Crippen molar-refractivity contribution in [1.82, 2.24) is 5.32 Å². The molecule has 1 aliphatic heterocycles. The van der Waals surface area contributed by atoms with Crippen molar-refractivity contribution < 1.29 is 13.2 Å². The third-order valence-electron chi connectivity index (χ3n) is 3.01. The topological polar surface area (TPSA) is 78.5 Å². The molecule has 6 nitrogen and oxygen atoms in total. The van der Waals surface area contributed by atoms with Crippen LogP contribution >= 0.6 is 0 Å². The Hall–Kier alpha value is -1.76. The van der Waals surface area contributed by atoms with E-state index in [1.54, 1.807) is 12.1 Å². The molecule has 20 heavy (non-hydrogen) atoms. The summed E-state index contributed by atoms with van der Waals surface area (Å²) in [5.41, 5.74) is 2.29. The largest absolute Gasteiger partial charge is 0.336 e. The first-order valence-electron chi connectivity index (χ1n) is 6.45. The highest BCUT2D eigenvalue weighted by molar-refractivity contribution is 7.92. The van der Waals surface area contributed by atoms with E-state index in [0.717, 1.165) is 5.56 Å². The van der Waals surface area contributed by atoms with Crippen LogP contribution < -0.4 is 14.9 Å². The average molecular weight is 297 g/mol. The van der Waals surface area contributed by atoms with Gasteiger partial charge in [0.1, 0.15) is 0 Å². The van der Waals surface area contributed by atoms with Crippen LogP contribution in [0.5, 0.6) is 0 Å². The number of urea groups is 1. The van der Waals surface area contributed by atoms with Crippen LogP contribution in [-0.2, 0) is 16.4 Å². The van der Waals surface area contributed by atoms with E-state index in [1.807, 2.05) is 19.9 Å². The van der Waals surface area contributed by atoms with Crippen LogP contribution in [0.4, 0.5) is 16.2 Å². The molecular weight excluding hydrogens is 278 g/mol. The van der Waals surface area contributed by atoms with Gasteiger partial charge in [0.25, 0.3) is 0 Å². The number of rotatable bonds is 3. The number of amides is 2. The molecule has 0 spiro atoms. The van der Waals surface area contributed by atoms with E-state index in [9.17, 15) is 13.2 Å². The second kappa shape index (κ2) is 5.32. The Bertz CT molecular complexity index is 626. The second-order valence-corrected chi connectivity index (χ2v) is 7.09. The molecule has 110 valence electrons. The molecule has 0 aromatic heterocycles. The molecule has 1 aliphatic rings. The first-order valence-corrected chi connectivity index (χ1v) is 8.30. The Labute approximate surface area is 119 Å². The van der Waals surface area contributed by atoms with E-state index in [-0.39, 0.29) is 12.1 Å². The van der Waals surface area contributed by atoms with Crippen molar-refractivity contribution in [2.45, 2.75) is 26.3 Å². The Balaban J connectivity index is 2.16. The molecule has 1 heterocycles. The molecule has 7 heteroatoms. The summed E-state index contributed by atoms with van der Waals surface area (Å²) in [6, 6.07) is 5.06. The van der Waals surface area contributed by atoms with Gasteiger partial charge in [0.05, 0.1) is 11.9 Å². The molecule has 0 aliphatic carbocycles. The maximum atomic E-state index is 11.6. The van der Waals surface area contributed by atoms with E-state index < -0.39 is 10.0 Å². The molecule has 0 atom stereocenters. The highest BCUT2D eigenvalue weighted by atomic mass is 32.2. The van der Waals surface area contributed by atoms with Gasteiger partial charge in [0, 0.05) is 18.3 Å². The van der Waals surface area contributed by atoms with Crippen LogP contribution in [0.3, 0.4) is 0 Å². The predicted octanol–water partition coefficient (Wildman–Crippen LogP) is 1.54. The zero-order valence-electron chi connectivity index (χ0n) is 11.8. The fraction of sp³-hybridized carbons (Fsp3) is 0.462. The molecule has 2 amide bonds. The highest BCUT2D eigenvalue weighted by Crippen LogP contribution is 2.31. The van der Waals surface area contributed by atoms with Crippen molar-refractivity contribution in [1.29, 1.82) is 0 Å². The van der Waals surface area contributed by atoms with Crippen molar-refractivity contribution in [3.8, 4) is 0 Å². The summed E-state index contributed by atoms with van der Waals surface area (Å²) in [4.78, 5) is 11.6. The smallest absolute Gasteiger partial charge is 0.319 e. The molecule has 2 rings (SSSR count). The van der Waals surface area contributed by atoms with Gasteiger partial charge in [0.15, 0.2) is 0 Å². The minimum absolute atomic E-state index is 0.0603. The number of carbonyl (C=O) groups is 1. The number of sulfonamides is 1. The fourth-order valence-corrected chi connectivity index (χ4v) is 3.18. The van der Waals surface area contributed by atoms with Gasteiger partial charge in [-0.2, -0.15) is 0 Å². The van der Waals surface area contributed by atoms with Gasteiger partial charge in [-0.05, 0) is 44.0 Å². The number of hydrogen-bond donors (Lipinski definition) is 2. The van der Waals surface area contributed by atoms with Gasteiger partial charge < -0.3 is 10.6 Å². The summed E-state index contributed by atoms with van der Waals surface area (Å²) in [5, 5.41) is 5.47. The van der Waals surface area contributed by atoms with E-state index in [4.69, 9.17) is 0 Å². The van der Waals surface area contributed by atoms with Crippen LogP contribution in [0, 0.1) is 0 Å². The van der Waals surface area contributed by atoms with Crippen LogP contribution in [0.15, 0.2) is 18.2 Å². The van der Waals surface area contributed by atoms with Crippen LogP contribution in [0.25, 0.3) is 0 Å². The number of benzene rings is 1. The number of fused-ring (bicyclic) bond motifs is 1. The molecule has 1 aromatic rings. The second-order valence-electron chi connectivity index (χ2n) is 5.18. The molecule has 2 N–H and O–H groups in total. The van der Waals surface area contributed by atoms with Gasteiger partial charge in [-0.25, -0.2) is 13.2 Å². The molecule has 0 bridgehead atoms. The third-order valence-corrected chi connectivity index (χ3v) is 4.19. The lowest BCUT2D eigenvalue weighted by atomic mass is 10.1. The minimum atomic E-state index is -3.23. The third kappa shape index (κ3) is 3.22. The number of nitrogens with one attached hydrogen (secondary N) is 2. The number of carbonyl (C=O) groups excluding carboxylic acids is 1. The van der Waals surface area contributed by atoms with Crippen LogP contribution in [0.2, 0.25) is 0 Å². The van der Waals surface area contributed by atoms with Gasteiger partial charge >= 0.3 is 6.03 Å². The van der Waals surface area contributed by atoms with Crippen molar-refractivity contribution in [3.05, 3.63) is 23.8 Å². The van der Waals surface area contributed by atoms with Crippen LogP contribution in [-0.4, -0.2) is 33.3 Å². The molecule has 0 saturated carbocycles. The molecule has 0 unspecified atom stereocenters. The van der Waals surface area contributed by atoms with Gasteiger partial charge in [-0.3, -0.25) is 4.31 Å². The summed E-state index contributed by atoms with van der Waals surface area (Å²) >= 11 is 0. The SMILES string of the molecule is CC(C)NC(=O)Nc1ccc2c(c1)CCN2S(C)(=O)=O. The summed E-state index contributed by atoms with van der Waals surface area (Å²) in [6.07, 6.45) is 1.86. The van der Waals surface area contributed by atoms with Gasteiger partial charge in [-0.1, -0.05) is 0 Å². The first kappa shape index (κ1) is 14.6. The summed E-state index contributed by atoms with van der Waals surface area (Å²) in [5.74, 6) is 0. The lowest BCUT2D eigenvalue weighted by Crippen LogP contribution is -2.34. The Kier molecular flexibility index (Phi) is 3.89. The fourth-order valence-electron chi connectivity index (χ4n) is 2.22. The Morgan fingerprint density at radius 2 is 2.05 bits per heavy atom. The van der Waals surface area contributed by atoms with E-state index in [0.29, 0.717) is 24.3 Å². The Morgan fingerprint density at radius 1 is 1.35 bits per heavy atom. The predicted molar refractivity (Wildman–Crippen MR) is 79.6 cm³/mol. The molecule has 0 fully saturated rings. The van der Waals surface area contributed by atoms with Crippen molar-refractivity contribution in [2.75, 3.05) is 22.4 Å². The standard InChI is InChI=1S/C13H19N3O3S/c1-9(2)14-13(17)15-11-4-5-12-10(8-11)6-7-16(12)20(3,18)19/h4-5,8-9H,6-7H2,1-3H3,(H2,14,15,17). The quantitative estimate of drug-likeness (QED) is 0.888. The number of hydrogen-bond acceptors (Lipinski definition) is 3.